The van der Waals surface area contributed by atoms with Crippen LogP contribution in [0.25, 0.3) is 0 Å². The first kappa shape index (κ1) is 22.9. The Kier molecular flexibility index (Phi) is 11.8. The van der Waals surface area contributed by atoms with Gasteiger partial charge in [0, 0.05) is 39.9 Å². The molecule has 138 valence electrons. The molecule has 1 aromatic heterocycles. The Balaban J connectivity index is 0.00000529. The Bertz CT molecular complexity index is 488. The van der Waals surface area contributed by atoms with Crippen LogP contribution in [0.2, 0.25) is 0 Å². The summed E-state index contributed by atoms with van der Waals surface area (Å²) in [7, 11) is 5.81. The zero-order valence-electron chi connectivity index (χ0n) is 16.0. The number of rotatable bonds is 8. The second-order valence-corrected chi connectivity index (χ2v) is 6.71. The van der Waals surface area contributed by atoms with E-state index in [1.54, 1.807) is 0 Å². The zero-order chi connectivity index (χ0) is 17.2. The van der Waals surface area contributed by atoms with Crippen molar-refractivity contribution in [1.29, 1.82) is 0 Å². The number of guanidine groups is 1. The van der Waals surface area contributed by atoms with E-state index in [0.29, 0.717) is 6.04 Å². The lowest BCUT2D eigenvalue weighted by Gasteiger charge is -2.19. The molecule has 1 heterocycles. The SMILES string of the molecule is CN=C(NCc1ccnc(N(C)C)c1)NC(C)CCCC(C)C.I. The third-order valence-corrected chi connectivity index (χ3v) is 3.75. The van der Waals surface area contributed by atoms with Gasteiger partial charge < -0.3 is 15.5 Å². The van der Waals surface area contributed by atoms with Crippen LogP contribution in [0.4, 0.5) is 5.82 Å². The average molecular weight is 447 g/mol. The Morgan fingerprint density at radius 3 is 2.54 bits per heavy atom. The summed E-state index contributed by atoms with van der Waals surface area (Å²) in [6, 6.07) is 4.54. The predicted molar refractivity (Wildman–Crippen MR) is 115 cm³/mol. The van der Waals surface area contributed by atoms with Crippen molar-refractivity contribution in [2.75, 3.05) is 26.0 Å². The largest absolute Gasteiger partial charge is 0.363 e. The van der Waals surface area contributed by atoms with E-state index in [1.165, 1.54) is 24.8 Å². The Labute approximate surface area is 164 Å². The number of pyridine rings is 1. The molecular formula is C18H34IN5. The van der Waals surface area contributed by atoms with E-state index in [1.807, 2.05) is 38.3 Å². The van der Waals surface area contributed by atoms with Gasteiger partial charge in [0.15, 0.2) is 5.96 Å². The summed E-state index contributed by atoms with van der Waals surface area (Å²) in [5.74, 6) is 2.59. The maximum Gasteiger partial charge on any atom is 0.191 e. The molecular weight excluding hydrogens is 413 g/mol. The minimum absolute atomic E-state index is 0. The highest BCUT2D eigenvalue weighted by atomic mass is 127. The molecule has 1 unspecified atom stereocenters. The van der Waals surface area contributed by atoms with Crippen LogP contribution in [0.3, 0.4) is 0 Å². The second kappa shape index (κ2) is 12.3. The van der Waals surface area contributed by atoms with Crippen molar-refractivity contribution in [1.82, 2.24) is 15.6 Å². The molecule has 0 saturated carbocycles. The first-order valence-electron chi connectivity index (χ1n) is 8.51. The molecule has 6 heteroatoms. The molecule has 0 spiro atoms. The molecule has 24 heavy (non-hydrogen) atoms. The molecule has 0 aromatic carbocycles. The molecule has 0 aliphatic rings. The third-order valence-electron chi connectivity index (χ3n) is 3.75. The van der Waals surface area contributed by atoms with Gasteiger partial charge in [0.05, 0.1) is 0 Å². The van der Waals surface area contributed by atoms with E-state index < -0.39 is 0 Å². The molecule has 0 fully saturated rings. The van der Waals surface area contributed by atoms with E-state index in [-0.39, 0.29) is 24.0 Å². The molecule has 0 radical (unpaired) electrons. The molecule has 1 rings (SSSR count). The van der Waals surface area contributed by atoms with Gasteiger partial charge in [-0.2, -0.15) is 0 Å². The monoisotopic (exact) mass is 447 g/mol. The lowest BCUT2D eigenvalue weighted by Crippen LogP contribution is -2.41. The zero-order valence-corrected chi connectivity index (χ0v) is 18.3. The highest BCUT2D eigenvalue weighted by Gasteiger charge is 2.06. The first-order valence-corrected chi connectivity index (χ1v) is 8.51. The normalized spacial score (nSPS) is 12.5. The summed E-state index contributed by atoms with van der Waals surface area (Å²) in [4.78, 5) is 10.7. The van der Waals surface area contributed by atoms with Gasteiger partial charge in [-0.15, -0.1) is 24.0 Å². The Hall–Kier alpha value is -1.05. The van der Waals surface area contributed by atoms with E-state index >= 15 is 0 Å². The number of aliphatic imine (C=N–C) groups is 1. The number of nitrogens with zero attached hydrogens (tertiary/aromatic N) is 3. The first-order chi connectivity index (χ1) is 10.9. The molecule has 1 atom stereocenters. The minimum atomic E-state index is 0. The van der Waals surface area contributed by atoms with Crippen LogP contribution < -0.4 is 15.5 Å². The summed E-state index contributed by atoms with van der Waals surface area (Å²) in [6.07, 6.45) is 5.54. The Morgan fingerprint density at radius 1 is 1.25 bits per heavy atom. The van der Waals surface area contributed by atoms with Gasteiger partial charge in [0.2, 0.25) is 0 Å². The van der Waals surface area contributed by atoms with Crippen LogP contribution in [0.15, 0.2) is 23.3 Å². The van der Waals surface area contributed by atoms with Gasteiger partial charge in [-0.05, 0) is 37.0 Å². The van der Waals surface area contributed by atoms with E-state index in [9.17, 15) is 0 Å². The van der Waals surface area contributed by atoms with Gasteiger partial charge >= 0.3 is 0 Å². The molecule has 0 aliphatic heterocycles. The van der Waals surface area contributed by atoms with Crippen LogP contribution in [-0.2, 0) is 6.54 Å². The number of nitrogens with one attached hydrogen (secondary N) is 2. The number of hydrogen-bond acceptors (Lipinski definition) is 3. The molecule has 0 bridgehead atoms. The summed E-state index contributed by atoms with van der Waals surface area (Å²) in [5.41, 5.74) is 1.19. The van der Waals surface area contributed by atoms with Gasteiger partial charge in [0.1, 0.15) is 5.82 Å². The van der Waals surface area contributed by atoms with Crippen molar-refractivity contribution in [3.05, 3.63) is 23.9 Å². The van der Waals surface area contributed by atoms with Crippen LogP contribution in [0.1, 0.15) is 45.6 Å². The fourth-order valence-corrected chi connectivity index (χ4v) is 2.33. The van der Waals surface area contributed by atoms with E-state index in [2.05, 4.69) is 47.4 Å². The molecule has 0 aliphatic carbocycles. The van der Waals surface area contributed by atoms with Crippen molar-refractivity contribution in [2.45, 2.75) is 52.6 Å². The topological polar surface area (TPSA) is 52.6 Å². The van der Waals surface area contributed by atoms with Crippen LogP contribution in [0, 0.1) is 5.92 Å². The molecule has 5 nitrogen and oxygen atoms in total. The molecule has 1 aromatic rings. The fourth-order valence-electron chi connectivity index (χ4n) is 2.33. The standard InChI is InChI=1S/C18H33N5.HI/c1-14(2)8-7-9-15(3)22-18(19-4)21-13-16-10-11-20-17(12-16)23(5)6;/h10-12,14-15H,7-9,13H2,1-6H3,(H2,19,21,22);1H. The summed E-state index contributed by atoms with van der Waals surface area (Å²) in [6.45, 7) is 7.50. The van der Waals surface area contributed by atoms with E-state index in [4.69, 9.17) is 0 Å². The number of hydrogen-bond donors (Lipinski definition) is 2. The van der Waals surface area contributed by atoms with Gasteiger partial charge in [-0.1, -0.05) is 26.7 Å². The summed E-state index contributed by atoms with van der Waals surface area (Å²) < 4.78 is 0. The van der Waals surface area contributed by atoms with Crippen molar-refractivity contribution in [3.8, 4) is 0 Å². The van der Waals surface area contributed by atoms with E-state index in [0.717, 1.165) is 24.2 Å². The maximum absolute atomic E-state index is 4.33. The number of halogens is 1. The quantitative estimate of drug-likeness (QED) is 0.363. The van der Waals surface area contributed by atoms with Crippen LogP contribution >= 0.6 is 24.0 Å². The van der Waals surface area contributed by atoms with Gasteiger partial charge in [0.25, 0.3) is 0 Å². The lowest BCUT2D eigenvalue weighted by atomic mass is 10.0. The predicted octanol–water partition coefficient (Wildman–Crippen LogP) is 3.65. The third kappa shape index (κ3) is 9.30. The van der Waals surface area contributed by atoms with Crippen molar-refractivity contribution < 1.29 is 0 Å². The highest BCUT2D eigenvalue weighted by Crippen LogP contribution is 2.10. The highest BCUT2D eigenvalue weighted by molar-refractivity contribution is 14.0. The van der Waals surface area contributed by atoms with Gasteiger partial charge in [-0.25, -0.2) is 4.98 Å². The second-order valence-electron chi connectivity index (χ2n) is 6.71. The summed E-state index contributed by atoms with van der Waals surface area (Å²) >= 11 is 0. The fraction of sp³-hybridized carbons (Fsp3) is 0.667. The van der Waals surface area contributed by atoms with Crippen molar-refractivity contribution in [3.63, 3.8) is 0 Å². The minimum Gasteiger partial charge on any atom is -0.363 e. The molecule has 0 amide bonds. The Morgan fingerprint density at radius 2 is 1.96 bits per heavy atom. The van der Waals surface area contributed by atoms with Crippen molar-refractivity contribution in [2.24, 2.45) is 10.9 Å². The molecule has 0 saturated heterocycles. The van der Waals surface area contributed by atoms with Crippen molar-refractivity contribution >= 4 is 35.8 Å². The lowest BCUT2D eigenvalue weighted by molar-refractivity contribution is 0.491. The molecule has 2 N–H and O–H groups in total. The van der Waals surface area contributed by atoms with Crippen LogP contribution in [-0.4, -0.2) is 38.1 Å². The smallest absolute Gasteiger partial charge is 0.191 e. The summed E-state index contributed by atoms with van der Waals surface area (Å²) in [5, 5.41) is 6.84. The van der Waals surface area contributed by atoms with Gasteiger partial charge in [-0.3, -0.25) is 4.99 Å². The van der Waals surface area contributed by atoms with Crippen LogP contribution in [0.5, 0.6) is 0 Å². The number of anilines is 1. The average Bonchev–Trinajstić information content (AvgIpc) is 2.51. The maximum atomic E-state index is 4.33. The number of aromatic nitrogens is 1.